The number of fused-ring (bicyclic) bond motifs is 1. The number of amides is 1. The molecule has 2 heterocycles. The summed E-state index contributed by atoms with van der Waals surface area (Å²) in [5.74, 6) is 0.143. The molecule has 0 atom stereocenters. The summed E-state index contributed by atoms with van der Waals surface area (Å²) in [6, 6.07) is 30.4. The maximum atomic E-state index is 11.3. The molecule has 7 heteroatoms. The van der Waals surface area contributed by atoms with Gasteiger partial charge in [0.15, 0.2) is 17.0 Å². The number of imidazole rings is 1. The van der Waals surface area contributed by atoms with Crippen molar-refractivity contribution in [3.8, 4) is 0 Å². The van der Waals surface area contributed by atoms with E-state index in [9.17, 15) is 9.90 Å². The first-order valence-corrected chi connectivity index (χ1v) is 10.1. The van der Waals surface area contributed by atoms with Crippen LogP contribution in [0.25, 0.3) is 11.2 Å². The molecule has 5 aromatic rings. The molecule has 0 radical (unpaired) electrons. The van der Waals surface area contributed by atoms with Gasteiger partial charge in [-0.2, -0.15) is 0 Å². The topological polar surface area (TPSA) is 92.9 Å². The number of rotatable bonds is 5. The maximum Gasteiger partial charge on any atom is 0.410 e. The number of anilines is 1. The Morgan fingerprint density at radius 2 is 1.25 bits per heavy atom. The fourth-order valence-electron chi connectivity index (χ4n) is 4.23. The highest BCUT2D eigenvalue weighted by atomic mass is 16.4. The Morgan fingerprint density at radius 1 is 0.750 bits per heavy atom. The van der Waals surface area contributed by atoms with Crippen molar-refractivity contribution in [1.82, 2.24) is 19.5 Å². The van der Waals surface area contributed by atoms with Gasteiger partial charge in [-0.05, 0) is 16.7 Å². The van der Waals surface area contributed by atoms with Crippen LogP contribution in [0, 0.1) is 0 Å². The average Bonchev–Trinajstić information content (AvgIpc) is 3.27. The summed E-state index contributed by atoms with van der Waals surface area (Å²) in [5, 5.41) is 11.5. The van der Waals surface area contributed by atoms with E-state index >= 15 is 0 Å². The Hall–Kier alpha value is -4.52. The monoisotopic (exact) mass is 421 g/mol. The van der Waals surface area contributed by atoms with Crippen molar-refractivity contribution in [1.29, 1.82) is 0 Å². The third-order valence-electron chi connectivity index (χ3n) is 5.49. The van der Waals surface area contributed by atoms with Crippen molar-refractivity contribution >= 4 is 23.1 Å². The number of nitrogens with one attached hydrogen (secondary N) is 1. The van der Waals surface area contributed by atoms with Crippen LogP contribution in [-0.4, -0.2) is 30.7 Å². The molecule has 0 aliphatic rings. The molecule has 0 spiro atoms. The van der Waals surface area contributed by atoms with E-state index in [1.165, 1.54) is 6.33 Å². The van der Waals surface area contributed by atoms with Gasteiger partial charge in [0.05, 0.1) is 6.33 Å². The van der Waals surface area contributed by atoms with E-state index in [-0.39, 0.29) is 5.82 Å². The SMILES string of the molecule is O=C(O)Nc1ncnc2c1ncn2C(c1ccccc1)(c1ccccc1)c1ccccc1. The van der Waals surface area contributed by atoms with Crippen LogP contribution in [0.4, 0.5) is 10.6 Å². The fraction of sp³-hybridized carbons (Fsp3) is 0.0400. The van der Waals surface area contributed by atoms with Crippen LogP contribution in [0.3, 0.4) is 0 Å². The molecule has 2 aromatic heterocycles. The van der Waals surface area contributed by atoms with Crippen molar-refractivity contribution in [2.24, 2.45) is 0 Å². The minimum atomic E-state index is -1.21. The Bertz CT molecular complexity index is 1270. The largest absolute Gasteiger partial charge is 0.465 e. The summed E-state index contributed by atoms with van der Waals surface area (Å²) in [6.07, 6.45) is 1.83. The summed E-state index contributed by atoms with van der Waals surface area (Å²) < 4.78 is 1.98. The standard InChI is InChI=1S/C25H19N5O2/c31-24(32)29-22-21-23(27-16-26-22)30(17-28-21)25(18-10-4-1-5-11-18,19-12-6-2-7-13-19)20-14-8-3-9-15-20/h1-17H,(H,31,32)(H,26,27,29). The fourth-order valence-corrected chi connectivity index (χ4v) is 4.23. The molecule has 32 heavy (non-hydrogen) atoms. The minimum Gasteiger partial charge on any atom is -0.465 e. The summed E-state index contributed by atoms with van der Waals surface area (Å²) in [4.78, 5) is 24.4. The zero-order chi connectivity index (χ0) is 22.0. The first-order chi connectivity index (χ1) is 15.7. The van der Waals surface area contributed by atoms with Crippen molar-refractivity contribution in [2.45, 2.75) is 5.54 Å². The highest BCUT2D eigenvalue weighted by Gasteiger charge is 2.40. The molecule has 0 aliphatic heterocycles. The Morgan fingerprint density at radius 3 is 1.72 bits per heavy atom. The molecule has 0 saturated carbocycles. The molecule has 0 aliphatic carbocycles. The highest BCUT2D eigenvalue weighted by molar-refractivity contribution is 5.92. The van der Waals surface area contributed by atoms with Crippen LogP contribution < -0.4 is 5.32 Å². The van der Waals surface area contributed by atoms with E-state index in [1.807, 2.05) is 59.2 Å². The van der Waals surface area contributed by atoms with Crippen molar-refractivity contribution < 1.29 is 9.90 Å². The van der Waals surface area contributed by atoms with Crippen LogP contribution in [0.1, 0.15) is 16.7 Å². The van der Waals surface area contributed by atoms with Crippen LogP contribution in [0.15, 0.2) is 104 Å². The lowest BCUT2D eigenvalue weighted by Gasteiger charge is -2.37. The third-order valence-corrected chi connectivity index (χ3v) is 5.49. The van der Waals surface area contributed by atoms with E-state index in [2.05, 4.69) is 56.7 Å². The molecule has 0 unspecified atom stereocenters. The molecule has 7 nitrogen and oxygen atoms in total. The third kappa shape index (κ3) is 3.07. The van der Waals surface area contributed by atoms with Gasteiger partial charge in [-0.1, -0.05) is 91.0 Å². The molecule has 5 rings (SSSR count). The Labute approximate surface area is 184 Å². The first-order valence-electron chi connectivity index (χ1n) is 10.1. The van der Waals surface area contributed by atoms with E-state index in [0.717, 1.165) is 16.7 Å². The van der Waals surface area contributed by atoms with Crippen LogP contribution in [0.5, 0.6) is 0 Å². The molecule has 156 valence electrons. The number of carboxylic acid groups (broad SMARTS) is 1. The second-order valence-corrected chi connectivity index (χ2v) is 7.25. The lowest BCUT2D eigenvalue weighted by Crippen LogP contribution is -2.37. The highest BCUT2D eigenvalue weighted by Crippen LogP contribution is 2.42. The average molecular weight is 421 g/mol. The number of carbonyl (C=O) groups is 1. The molecule has 0 fully saturated rings. The maximum absolute atomic E-state index is 11.3. The molecule has 0 bridgehead atoms. The number of hydrogen-bond donors (Lipinski definition) is 2. The molecular weight excluding hydrogens is 402 g/mol. The second-order valence-electron chi connectivity index (χ2n) is 7.25. The van der Waals surface area contributed by atoms with Crippen molar-refractivity contribution in [3.63, 3.8) is 0 Å². The van der Waals surface area contributed by atoms with E-state index in [1.54, 1.807) is 6.33 Å². The quantitative estimate of drug-likeness (QED) is 0.399. The predicted octanol–water partition coefficient (Wildman–Crippen LogP) is 4.76. The molecule has 3 aromatic carbocycles. The zero-order valence-electron chi connectivity index (χ0n) is 17.0. The van der Waals surface area contributed by atoms with Crippen molar-refractivity contribution in [3.05, 3.63) is 120 Å². The van der Waals surface area contributed by atoms with E-state index in [4.69, 9.17) is 0 Å². The predicted molar refractivity (Wildman–Crippen MR) is 122 cm³/mol. The van der Waals surface area contributed by atoms with Gasteiger partial charge in [0.2, 0.25) is 0 Å². The summed E-state index contributed by atoms with van der Waals surface area (Å²) >= 11 is 0. The summed E-state index contributed by atoms with van der Waals surface area (Å²) in [7, 11) is 0. The molecule has 2 N–H and O–H groups in total. The van der Waals surface area contributed by atoms with Gasteiger partial charge in [0, 0.05) is 0 Å². The van der Waals surface area contributed by atoms with Gasteiger partial charge in [-0.15, -0.1) is 0 Å². The lowest BCUT2D eigenvalue weighted by molar-refractivity contribution is 0.209. The summed E-state index contributed by atoms with van der Waals surface area (Å²) in [5.41, 5.74) is 3.14. The Balaban J connectivity index is 1.91. The smallest absolute Gasteiger partial charge is 0.410 e. The minimum absolute atomic E-state index is 0.143. The zero-order valence-corrected chi connectivity index (χ0v) is 17.0. The van der Waals surface area contributed by atoms with Crippen LogP contribution in [0.2, 0.25) is 0 Å². The first kappa shape index (κ1) is 19.4. The van der Waals surface area contributed by atoms with E-state index < -0.39 is 11.6 Å². The van der Waals surface area contributed by atoms with Crippen LogP contribution in [-0.2, 0) is 5.54 Å². The summed E-state index contributed by atoms with van der Waals surface area (Å²) in [6.45, 7) is 0. The number of nitrogens with zero attached hydrogens (tertiary/aromatic N) is 4. The van der Waals surface area contributed by atoms with Gasteiger partial charge in [0.1, 0.15) is 11.9 Å². The number of aromatic nitrogens is 4. The van der Waals surface area contributed by atoms with E-state index in [0.29, 0.717) is 11.2 Å². The normalized spacial score (nSPS) is 11.4. The number of hydrogen-bond acceptors (Lipinski definition) is 4. The number of benzene rings is 3. The van der Waals surface area contributed by atoms with Gasteiger partial charge in [0.25, 0.3) is 0 Å². The lowest BCUT2D eigenvalue weighted by atomic mass is 9.76. The molecule has 1 amide bonds. The molecular formula is C25H19N5O2. The van der Waals surface area contributed by atoms with Gasteiger partial charge in [-0.25, -0.2) is 19.7 Å². The molecule has 0 saturated heterocycles. The van der Waals surface area contributed by atoms with Gasteiger partial charge >= 0.3 is 6.09 Å². The van der Waals surface area contributed by atoms with Crippen LogP contribution >= 0.6 is 0 Å². The van der Waals surface area contributed by atoms with Crippen molar-refractivity contribution in [2.75, 3.05) is 5.32 Å². The van der Waals surface area contributed by atoms with Gasteiger partial charge in [-0.3, -0.25) is 9.88 Å². The van der Waals surface area contributed by atoms with Gasteiger partial charge < -0.3 is 5.11 Å². The Kier molecular flexibility index (Phi) is 4.84. The second kappa shape index (κ2) is 7.96.